The third-order valence-corrected chi connectivity index (χ3v) is 3.91. The lowest BCUT2D eigenvalue weighted by atomic mass is 10.1. The molecule has 0 atom stereocenters. The number of aryl methyl sites for hydroxylation is 4. The van der Waals surface area contributed by atoms with Gasteiger partial charge in [-0.1, -0.05) is 19.1 Å². The van der Waals surface area contributed by atoms with Crippen LogP contribution in [0.1, 0.15) is 34.9 Å². The first-order chi connectivity index (χ1) is 9.95. The van der Waals surface area contributed by atoms with E-state index < -0.39 is 0 Å². The molecule has 0 bridgehead atoms. The molecule has 4 heteroatoms. The Morgan fingerprint density at radius 3 is 2.48 bits per heavy atom. The molecule has 0 saturated heterocycles. The topological polar surface area (TPSA) is 39.1 Å². The Labute approximate surface area is 127 Å². The van der Waals surface area contributed by atoms with Gasteiger partial charge in [0.05, 0.1) is 11.3 Å². The van der Waals surface area contributed by atoms with Gasteiger partial charge in [0.15, 0.2) is 0 Å². The normalized spacial score (nSPS) is 11.0. The highest BCUT2D eigenvalue weighted by Gasteiger charge is 2.17. The first-order valence-corrected chi connectivity index (χ1v) is 7.43. The van der Waals surface area contributed by atoms with Gasteiger partial charge in [0, 0.05) is 13.6 Å². The SMILES string of the molecule is CCNCc1c(C)nn(C)c1Oc1c(C)ccc(C)c1C. The van der Waals surface area contributed by atoms with E-state index in [-0.39, 0.29) is 0 Å². The zero-order chi connectivity index (χ0) is 15.6. The maximum atomic E-state index is 6.26. The Kier molecular flexibility index (Phi) is 4.68. The van der Waals surface area contributed by atoms with Gasteiger partial charge in [0.25, 0.3) is 0 Å². The molecule has 0 spiro atoms. The average molecular weight is 287 g/mol. The van der Waals surface area contributed by atoms with Crippen molar-refractivity contribution in [2.75, 3.05) is 6.54 Å². The molecule has 0 aliphatic rings. The summed E-state index contributed by atoms with van der Waals surface area (Å²) in [6, 6.07) is 4.23. The molecule has 2 rings (SSSR count). The predicted octanol–water partition coefficient (Wildman–Crippen LogP) is 3.56. The van der Waals surface area contributed by atoms with Crippen LogP contribution < -0.4 is 10.1 Å². The third kappa shape index (κ3) is 3.10. The van der Waals surface area contributed by atoms with Gasteiger partial charge in [-0.15, -0.1) is 0 Å². The number of rotatable bonds is 5. The summed E-state index contributed by atoms with van der Waals surface area (Å²) in [6.45, 7) is 12.1. The fourth-order valence-corrected chi connectivity index (χ4v) is 2.44. The summed E-state index contributed by atoms with van der Waals surface area (Å²) >= 11 is 0. The molecule has 0 saturated carbocycles. The molecular weight excluding hydrogens is 262 g/mol. The first-order valence-electron chi connectivity index (χ1n) is 7.43. The molecule has 4 nitrogen and oxygen atoms in total. The van der Waals surface area contributed by atoms with Gasteiger partial charge < -0.3 is 10.1 Å². The second-order valence-electron chi connectivity index (χ2n) is 5.53. The number of hydrogen-bond acceptors (Lipinski definition) is 3. The van der Waals surface area contributed by atoms with E-state index >= 15 is 0 Å². The second kappa shape index (κ2) is 6.31. The molecule has 2 aromatic rings. The van der Waals surface area contributed by atoms with Crippen molar-refractivity contribution in [2.24, 2.45) is 7.05 Å². The number of benzene rings is 1. The predicted molar refractivity (Wildman–Crippen MR) is 86.1 cm³/mol. The number of aromatic nitrogens is 2. The van der Waals surface area contributed by atoms with Gasteiger partial charge in [-0.05, 0) is 50.9 Å². The highest BCUT2D eigenvalue weighted by atomic mass is 16.5. The quantitative estimate of drug-likeness (QED) is 0.914. The van der Waals surface area contributed by atoms with Crippen molar-refractivity contribution in [3.05, 3.63) is 40.1 Å². The van der Waals surface area contributed by atoms with Crippen molar-refractivity contribution in [2.45, 2.75) is 41.2 Å². The Morgan fingerprint density at radius 2 is 1.81 bits per heavy atom. The Hall–Kier alpha value is -1.81. The number of hydrogen-bond donors (Lipinski definition) is 1. The molecule has 0 amide bonds. The molecule has 1 aromatic heterocycles. The van der Waals surface area contributed by atoms with E-state index in [1.165, 1.54) is 11.1 Å². The van der Waals surface area contributed by atoms with E-state index in [9.17, 15) is 0 Å². The maximum Gasteiger partial charge on any atom is 0.222 e. The minimum atomic E-state index is 0.773. The Morgan fingerprint density at radius 1 is 1.14 bits per heavy atom. The van der Waals surface area contributed by atoms with Gasteiger partial charge in [-0.2, -0.15) is 5.10 Å². The summed E-state index contributed by atoms with van der Waals surface area (Å²) in [5.74, 6) is 1.76. The molecule has 1 heterocycles. The number of nitrogens with one attached hydrogen (secondary N) is 1. The summed E-state index contributed by atoms with van der Waals surface area (Å²) < 4.78 is 8.08. The van der Waals surface area contributed by atoms with Crippen molar-refractivity contribution in [1.82, 2.24) is 15.1 Å². The van der Waals surface area contributed by atoms with Gasteiger partial charge in [0.2, 0.25) is 5.88 Å². The van der Waals surface area contributed by atoms with Gasteiger partial charge in [-0.25, -0.2) is 4.68 Å². The lowest BCUT2D eigenvalue weighted by Crippen LogP contribution is -2.13. The summed E-state index contributed by atoms with van der Waals surface area (Å²) in [7, 11) is 1.93. The van der Waals surface area contributed by atoms with E-state index in [1.54, 1.807) is 0 Å². The standard InChI is InChI=1S/C17H25N3O/c1-7-18-10-15-14(5)19-20(6)17(15)21-16-12(3)9-8-11(2)13(16)4/h8-9,18H,7,10H2,1-6H3. The molecule has 114 valence electrons. The largest absolute Gasteiger partial charge is 0.438 e. The van der Waals surface area contributed by atoms with Crippen molar-refractivity contribution in [3.63, 3.8) is 0 Å². The van der Waals surface area contributed by atoms with E-state index in [0.717, 1.165) is 41.5 Å². The first kappa shape index (κ1) is 15.6. The smallest absolute Gasteiger partial charge is 0.222 e. The minimum Gasteiger partial charge on any atom is -0.438 e. The summed E-state index contributed by atoms with van der Waals surface area (Å²) in [6.07, 6.45) is 0. The molecule has 0 aliphatic heterocycles. The Balaban J connectivity index is 2.42. The molecule has 0 aliphatic carbocycles. The highest BCUT2D eigenvalue weighted by Crippen LogP contribution is 2.33. The fraction of sp³-hybridized carbons (Fsp3) is 0.471. The van der Waals surface area contributed by atoms with Gasteiger partial charge >= 0.3 is 0 Å². The van der Waals surface area contributed by atoms with Crippen LogP contribution in [0.5, 0.6) is 11.6 Å². The van der Waals surface area contributed by atoms with Crippen LogP contribution >= 0.6 is 0 Å². The van der Waals surface area contributed by atoms with E-state index in [4.69, 9.17) is 4.74 Å². The van der Waals surface area contributed by atoms with Crippen LogP contribution in [-0.2, 0) is 13.6 Å². The van der Waals surface area contributed by atoms with Crippen LogP contribution in [0.25, 0.3) is 0 Å². The number of ether oxygens (including phenoxy) is 1. The minimum absolute atomic E-state index is 0.773. The van der Waals surface area contributed by atoms with E-state index in [0.29, 0.717) is 0 Å². The van der Waals surface area contributed by atoms with Gasteiger partial charge in [-0.3, -0.25) is 0 Å². The number of nitrogens with zero attached hydrogens (tertiary/aromatic N) is 2. The Bertz CT molecular complexity index is 644. The molecule has 21 heavy (non-hydrogen) atoms. The zero-order valence-corrected chi connectivity index (χ0v) is 13.9. The summed E-state index contributed by atoms with van der Waals surface area (Å²) in [5.41, 5.74) is 5.70. The molecule has 0 fully saturated rings. The highest BCUT2D eigenvalue weighted by molar-refractivity contribution is 5.47. The fourth-order valence-electron chi connectivity index (χ4n) is 2.44. The third-order valence-electron chi connectivity index (χ3n) is 3.91. The van der Waals surface area contributed by atoms with Crippen molar-refractivity contribution in [3.8, 4) is 11.6 Å². The molecule has 0 radical (unpaired) electrons. The molecule has 0 unspecified atom stereocenters. The van der Waals surface area contributed by atoms with Crippen LogP contribution in [0.2, 0.25) is 0 Å². The molecule has 1 N–H and O–H groups in total. The van der Waals surface area contributed by atoms with Crippen LogP contribution in [-0.4, -0.2) is 16.3 Å². The zero-order valence-electron chi connectivity index (χ0n) is 13.9. The average Bonchev–Trinajstić information content (AvgIpc) is 2.71. The van der Waals surface area contributed by atoms with Crippen LogP contribution in [0.4, 0.5) is 0 Å². The van der Waals surface area contributed by atoms with E-state index in [2.05, 4.69) is 50.2 Å². The lowest BCUT2D eigenvalue weighted by molar-refractivity contribution is 0.418. The van der Waals surface area contributed by atoms with Crippen LogP contribution in [0.15, 0.2) is 12.1 Å². The van der Waals surface area contributed by atoms with E-state index in [1.807, 2.05) is 18.7 Å². The van der Waals surface area contributed by atoms with Crippen LogP contribution in [0.3, 0.4) is 0 Å². The molecular formula is C17H25N3O. The summed E-state index contributed by atoms with van der Waals surface area (Å²) in [4.78, 5) is 0. The summed E-state index contributed by atoms with van der Waals surface area (Å²) in [5, 5.41) is 7.85. The lowest BCUT2D eigenvalue weighted by Gasteiger charge is -2.15. The van der Waals surface area contributed by atoms with Gasteiger partial charge in [0.1, 0.15) is 5.75 Å². The van der Waals surface area contributed by atoms with Crippen molar-refractivity contribution >= 4 is 0 Å². The van der Waals surface area contributed by atoms with Crippen LogP contribution in [0, 0.1) is 27.7 Å². The monoisotopic (exact) mass is 287 g/mol. The van der Waals surface area contributed by atoms with Crippen molar-refractivity contribution in [1.29, 1.82) is 0 Å². The molecule has 1 aromatic carbocycles. The van der Waals surface area contributed by atoms with Crippen molar-refractivity contribution < 1.29 is 4.74 Å². The maximum absolute atomic E-state index is 6.26. The second-order valence-corrected chi connectivity index (χ2v) is 5.53.